The molecule has 40 heavy (non-hydrogen) atoms. The van der Waals surface area contributed by atoms with E-state index in [0.717, 1.165) is 24.2 Å². The first-order chi connectivity index (χ1) is 19.2. The van der Waals surface area contributed by atoms with Crippen LogP contribution < -0.4 is 4.90 Å². The molecule has 3 aliphatic rings. The number of hydrogen-bond acceptors (Lipinski definition) is 7. The van der Waals surface area contributed by atoms with Crippen LogP contribution in [0.2, 0.25) is 0 Å². The molecule has 10 nitrogen and oxygen atoms in total. The van der Waals surface area contributed by atoms with Crippen molar-refractivity contribution in [1.29, 1.82) is 0 Å². The minimum Gasteiger partial charge on any atom is -0.507 e. The lowest BCUT2D eigenvalue weighted by Crippen LogP contribution is -2.52. The highest BCUT2D eigenvalue weighted by molar-refractivity contribution is 7.89. The maximum absolute atomic E-state index is 14.2. The number of likely N-dealkylation sites (tertiary alicyclic amines) is 1. The molecule has 0 saturated carbocycles. The Morgan fingerprint density at radius 1 is 1.05 bits per heavy atom. The molecule has 2 amide bonds. The van der Waals surface area contributed by atoms with Crippen LogP contribution >= 0.6 is 0 Å². The van der Waals surface area contributed by atoms with E-state index in [1.54, 1.807) is 24.3 Å². The number of carbonyl (C=O) groups excluding carboxylic acids is 3. The molecular weight excluding hydrogens is 534 g/mol. The number of benzene rings is 2. The number of sulfonamides is 1. The second-order valence-corrected chi connectivity index (χ2v) is 11.9. The van der Waals surface area contributed by atoms with Crippen LogP contribution in [-0.4, -0.2) is 80.2 Å². The van der Waals surface area contributed by atoms with Crippen molar-refractivity contribution in [3.63, 3.8) is 0 Å². The third-order valence-corrected chi connectivity index (χ3v) is 9.63. The van der Waals surface area contributed by atoms with Gasteiger partial charge in [-0.15, -0.1) is 6.58 Å². The van der Waals surface area contributed by atoms with E-state index in [0.29, 0.717) is 24.3 Å². The monoisotopic (exact) mass is 565 g/mol. The van der Waals surface area contributed by atoms with E-state index < -0.39 is 38.9 Å². The first kappa shape index (κ1) is 27.8. The van der Waals surface area contributed by atoms with Gasteiger partial charge in [-0.25, -0.2) is 8.42 Å². The standard InChI is InChI=1S/C29H31N3O7S/c1-3-15-31-23-10-6-5-9-22(23)29(28(31)36)24(26(34)27(35)32(29)18-19-39-2)25(33)20-11-13-21(14-12-20)40(37,38)30-16-7-4-8-17-30/h3,5-6,9-14,33H,1,4,7-8,15-19H2,2H3/b25-24+. The van der Waals surface area contributed by atoms with Crippen molar-refractivity contribution < 1.29 is 32.6 Å². The van der Waals surface area contributed by atoms with Gasteiger partial charge >= 0.3 is 0 Å². The summed E-state index contributed by atoms with van der Waals surface area (Å²) < 4.78 is 32.9. The van der Waals surface area contributed by atoms with Gasteiger partial charge < -0.3 is 19.6 Å². The number of hydrogen-bond donors (Lipinski definition) is 1. The van der Waals surface area contributed by atoms with Gasteiger partial charge in [0.1, 0.15) is 5.76 Å². The minimum atomic E-state index is -3.72. The van der Waals surface area contributed by atoms with Crippen LogP contribution in [0.4, 0.5) is 5.69 Å². The summed E-state index contributed by atoms with van der Waals surface area (Å²) in [6.45, 7) is 4.71. The Bertz CT molecular complexity index is 1510. The summed E-state index contributed by atoms with van der Waals surface area (Å²) in [5, 5.41) is 11.6. The number of carbonyl (C=O) groups is 3. The smallest absolute Gasteiger partial charge is 0.296 e. The summed E-state index contributed by atoms with van der Waals surface area (Å²) in [7, 11) is -2.28. The predicted octanol–water partition coefficient (Wildman–Crippen LogP) is 2.62. The third kappa shape index (κ3) is 4.07. The fourth-order valence-corrected chi connectivity index (χ4v) is 7.36. The molecule has 0 bridgehead atoms. The zero-order valence-corrected chi connectivity index (χ0v) is 23.0. The number of nitrogens with zero attached hydrogens (tertiary/aromatic N) is 3. The summed E-state index contributed by atoms with van der Waals surface area (Å²) >= 11 is 0. The lowest BCUT2D eigenvalue weighted by molar-refractivity contribution is -0.144. The third-order valence-electron chi connectivity index (χ3n) is 7.72. The number of methoxy groups -OCH3 is 1. The van der Waals surface area contributed by atoms with Crippen LogP contribution in [0.5, 0.6) is 0 Å². The molecule has 2 saturated heterocycles. The zero-order valence-electron chi connectivity index (χ0n) is 22.2. The largest absolute Gasteiger partial charge is 0.507 e. The quantitative estimate of drug-likeness (QED) is 0.226. The van der Waals surface area contributed by atoms with Crippen LogP contribution in [0.3, 0.4) is 0 Å². The number of piperidine rings is 1. The minimum absolute atomic E-state index is 0.0504. The normalized spacial score (nSPS) is 22.8. The van der Waals surface area contributed by atoms with Crippen molar-refractivity contribution in [3.05, 3.63) is 77.9 Å². The van der Waals surface area contributed by atoms with Crippen molar-refractivity contribution in [2.45, 2.75) is 29.7 Å². The van der Waals surface area contributed by atoms with Crippen molar-refractivity contribution in [2.24, 2.45) is 0 Å². The number of aliphatic hydroxyl groups is 1. The lowest BCUT2D eigenvalue weighted by Gasteiger charge is -2.34. The number of ether oxygens (including phenoxy) is 1. The highest BCUT2D eigenvalue weighted by atomic mass is 32.2. The van der Waals surface area contributed by atoms with Gasteiger partial charge in [0.15, 0.2) is 5.54 Å². The molecule has 2 fully saturated rings. The van der Waals surface area contributed by atoms with E-state index in [2.05, 4.69) is 6.58 Å². The van der Waals surface area contributed by atoms with Crippen LogP contribution in [0, 0.1) is 0 Å². The number of ketones is 1. The van der Waals surface area contributed by atoms with Gasteiger partial charge in [0, 0.05) is 44.4 Å². The van der Waals surface area contributed by atoms with Crippen molar-refractivity contribution in [2.75, 3.05) is 44.8 Å². The molecule has 1 N–H and O–H groups in total. The van der Waals surface area contributed by atoms with Gasteiger partial charge in [-0.3, -0.25) is 14.4 Å². The van der Waals surface area contributed by atoms with Gasteiger partial charge in [0.05, 0.1) is 22.8 Å². The fourth-order valence-electron chi connectivity index (χ4n) is 5.84. The maximum Gasteiger partial charge on any atom is 0.296 e. The molecule has 11 heteroatoms. The molecule has 3 heterocycles. The molecule has 1 unspecified atom stereocenters. The first-order valence-electron chi connectivity index (χ1n) is 13.1. The van der Waals surface area contributed by atoms with Crippen LogP contribution in [0.25, 0.3) is 5.76 Å². The van der Waals surface area contributed by atoms with Crippen molar-refractivity contribution in [3.8, 4) is 0 Å². The summed E-state index contributed by atoms with van der Waals surface area (Å²) in [6.07, 6.45) is 4.10. The molecule has 0 aliphatic carbocycles. The number of Topliss-reactive ketones (excluding diaryl/α,β-unsaturated/α-hetero) is 1. The maximum atomic E-state index is 14.2. The Balaban J connectivity index is 1.67. The van der Waals surface area contributed by atoms with Crippen LogP contribution in [0.15, 0.2) is 71.7 Å². The number of amides is 2. The average Bonchev–Trinajstić information content (AvgIpc) is 3.35. The van der Waals surface area contributed by atoms with Crippen LogP contribution in [0.1, 0.15) is 30.4 Å². The molecule has 2 aromatic carbocycles. The van der Waals surface area contributed by atoms with E-state index >= 15 is 0 Å². The van der Waals surface area contributed by atoms with Crippen molar-refractivity contribution in [1.82, 2.24) is 9.21 Å². The molecule has 2 aromatic rings. The Morgan fingerprint density at radius 2 is 1.73 bits per heavy atom. The van der Waals surface area contributed by atoms with Crippen LogP contribution in [-0.2, 0) is 34.7 Å². The van der Waals surface area contributed by atoms with E-state index in [-0.39, 0.29) is 35.7 Å². The summed E-state index contributed by atoms with van der Waals surface area (Å²) in [4.78, 5) is 43.8. The van der Waals surface area contributed by atoms with Gasteiger partial charge in [-0.2, -0.15) is 4.31 Å². The number of para-hydroxylation sites is 1. The molecule has 5 rings (SSSR count). The predicted molar refractivity (Wildman–Crippen MR) is 148 cm³/mol. The Morgan fingerprint density at radius 3 is 2.38 bits per heavy atom. The van der Waals surface area contributed by atoms with E-state index in [4.69, 9.17) is 4.74 Å². The van der Waals surface area contributed by atoms with E-state index in [1.807, 2.05) is 0 Å². The topological polar surface area (TPSA) is 125 Å². The Hall–Kier alpha value is -3.80. The van der Waals surface area contributed by atoms with Gasteiger partial charge in [-0.1, -0.05) is 30.7 Å². The fraction of sp³-hybridized carbons (Fsp3) is 0.345. The first-order valence-corrected chi connectivity index (χ1v) is 14.6. The van der Waals surface area contributed by atoms with Crippen molar-refractivity contribution >= 4 is 39.1 Å². The SMILES string of the molecule is C=CCN1C(=O)C2(/C(=C(/O)c3ccc(S(=O)(=O)N4CCCCC4)cc3)C(=O)C(=O)N2CCOC)c2ccccc21. The molecule has 0 aromatic heterocycles. The average molecular weight is 566 g/mol. The Labute approximate surface area is 233 Å². The molecule has 1 atom stereocenters. The van der Waals surface area contributed by atoms with Gasteiger partial charge in [-0.05, 0) is 43.2 Å². The molecule has 210 valence electrons. The number of rotatable bonds is 8. The number of fused-ring (bicyclic) bond motifs is 2. The molecular formula is C29H31N3O7S. The highest BCUT2D eigenvalue weighted by Gasteiger charge is 2.66. The van der Waals surface area contributed by atoms with Gasteiger partial charge in [0.2, 0.25) is 10.0 Å². The second-order valence-electron chi connectivity index (χ2n) is 9.92. The van der Waals surface area contributed by atoms with E-state index in [1.165, 1.54) is 46.7 Å². The molecule has 1 spiro atoms. The molecule has 3 aliphatic heterocycles. The molecule has 0 radical (unpaired) electrons. The highest BCUT2D eigenvalue weighted by Crippen LogP contribution is 2.53. The Kier molecular flexibility index (Phi) is 7.38. The number of aliphatic hydroxyl groups excluding tert-OH is 1. The van der Waals surface area contributed by atoms with Gasteiger partial charge in [0.25, 0.3) is 17.6 Å². The zero-order chi connectivity index (χ0) is 28.7. The summed E-state index contributed by atoms with van der Waals surface area (Å²) in [5.41, 5.74) is -1.32. The van der Waals surface area contributed by atoms with E-state index in [9.17, 15) is 27.9 Å². The summed E-state index contributed by atoms with van der Waals surface area (Å²) in [5.74, 6) is -3.09. The lowest BCUT2D eigenvalue weighted by atomic mass is 9.82. The second kappa shape index (κ2) is 10.6. The number of anilines is 1. The summed E-state index contributed by atoms with van der Waals surface area (Å²) in [6, 6.07) is 12.3.